The van der Waals surface area contributed by atoms with Gasteiger partial charge in [0.1, 0.15) is 17.5 Å². The summed E-state index contributed by atoms with van der Waals surface area (Å²) in [5.74, 6) is 1.41. The highest BCUT2D eigenvalue weighted by Crippen LogP contribution is 2.21. The van der Waals surface area contributed by atoms with Crippen molar-refractivity contribution in [2.45, 2.75) is 25.8 Å². The first-order chi connectivity index (χ1) is 11.8. The minimum atomic E-state index is -0.0316. The van der Waals surface area contributed by atoms with E-state index >= 15 is 0 Å². The van der Waals surface area contributed by atoms with Crippen LogP contribution in [0.25, 0.3) is 0 Å². The minimum absolute atomic E-state index is 0.0316. The Kier molecular flexibility index (Phi) is 5.49. The smallest absolute Gasteiger partial charge is 0.251 e. The molecule has 4 heteroatoms. The van der Waals surface area contributed by atoms with Crippen molar-refractivity contribution in [1.82, 2.24) is 5.32 Å². The van der Waals surface area contributed by atoms with Crippen LogP contribution in [-0.2, 0) is 0 Å². The van der Waals surface area contributed by atoms with E-state index in [1.807, 2.05) is 48.5 Å². The third-order valence-electron chi connectivity index (χ3n) is 4.67. The van der Waals surface area contributed by atoms with Crippen molar-refractivity contribution in [1.29, 1.82) is 0 Å². The summed E-state index contributed by atoms with van der Waals surface area (Å²) in [6, 6.07) is 17.5. The molecule has 4 nitrogen and oxygen atoms in total. The van der Waals surface area contributed by atoms with Crippen LogP contribution in [0.1, 0.15) is 30.1 Å². The van der Waals surface area contributed by atoms with Crippen molar-refractivity contribution in [2.24, 2.45) is 0 Å². The van der Waals surface area contributed by atoms with Crippen LogP contribution in [0, 0.1) is 0 Å². The van der Waals surface area contributed by atoms with Crippen LogP contribution >= 0.6 is 0 Å². The third kappa shape index (κ3) is 4.15. The number of quaternary nitrogens is 1. The minimum Gasteiger partial charge on any atom is -0.457 e. The zero-order valence-corrected chi connectivity index (χ0v) is 14.1. The quantitative estimate of drug-likeness (QED) is 0.856. The highest BCUT2D eigenvalue weighted by molar-refractivity contribution is 5.94. The van der Waals surface area contributed by atoms with Gasteiger partial charge in [-0.1, -0.05) is 24.3 Å². The fraction of sp³-hybridized carbons (Fsp3) is 0.350. The Hall–Kier alpha value is -2.33. The first-order valence-electron chi connectivity index (χ1n) is 8.72. The second kappa shape index (κ2) is 7.97. The van der Waals surface area contributed by atoms with Gasteiger partial charge in [-0.2, -0.15) is 0 Å². The number of benzene rings is 2. The van der Waals surface area contributed by atoms with Gasteiger partial charge in [0.2, 0.25) is 0 Å². The van der Waals surface area contributed by atoms with E-state index in [1.54, 1.807) is 11.0 Å². The van der Waals surface area contributed by atoms with E-state index in [-0.39, 0.29) is 5.91 Å². The summed E-state index contributed by atoms with van der Waals surface area (Å²) < 4.78 is 5.80. The number of likely N-dealkylation sites (N-methyl/N-ethyl adjacent to an activating group) is 1. The van der Waals surface area contributed by atoms with Gasteiger partial charge in [0.15, 0.2) is 0 Å². The topological polar surface area (TPSA) is 42.8 Å². The molecule has 0 bridgehead atoms. The van der Waals surface area contributed by atoms with Crippen molar-refractivity contribution < 1.29 is 14.4 Å². The predicted molar refractivity (Wildman–Crippen MR) is 94.7 cm³/mol. The van der Waals surface area contributed by atoms with Crippen molar-refractivity contribution >= 4 is 5.91 Å². The number of para-hydroxylation sites is 1. The van der Waals surface area contributed by atoms with Crippen LogP contribution < -0.4 is 15.0 Å². The largest absolute Gasteiger partial charge is 0.457 e. The van der Waals surface area contributed by atoms with Crippen LogP contribution in [0.5, 0.6) is 11.5 Å². The average molecular weight is 325 g/mol. The summed E-state index contributed by atoms with van der Waals surface area (Å²) in [7, 11) is 0. The number of hydrogen-bond acceptors (Lipinski definition) is 2. The SMILES string of the molecule is CC[NH+]1CCC[C@H]1CNC(=O)c1cccc(Oc2ccccc2)c1. The molecule has 1 aliphatic heterocycles. The van der Waals surface area contributed by atoms with Gasteiger partial charge in [0.25, 0.3) is 5.91 Å². The monoisotopic (exact) mass is 325 g/mol. The van der Waals surface area contributed by atoms with E-state index in [4.69, 9.17) is 4.74 Å². The fourth-order valence-corrected chi connectivity index (χ4v) is 3.34. The van der Waals surface area contributed by atoms with Gasteiger partial charge in [-0.15, -0.1) is 0 Å². The summed E-state index contributed by atoms with van der Waals surface area (Å²) in [6.07, 6.45) is 2.45. The second-order valence-electron chi connectivity index (χ2n) is 6.25. The molecule has 0 spiro atoms. The molecule has 2 N–H and O–H groups in total. The van der Waals surface area contributed by atoms with Crippen LogP contribution in [0.4, 0.5) is 0 Å². The molecule has 1 amide bonds. The molecule has 2 atom stereocenters. The van der Waals surface area contributed by atoms with E-state index in [9.17, 15) is 4.79 Å². The lowest BCUT2D eigenvalue weighted by molar-refractivity contribution is -0.909. The Labute approximate surface area is 143 Å². The Morgan fingerprint density at radius 2 is 1.96 bits per heavy atom. The molecule has 2 aromatic carbocycles. The van der Waals surface area contributed by atoms with Crippen LogP contribution in [0.2, 0.25) is 0 Å². The molecule has 1 fully saturated rings. The average Bonchev–Trinajstić information content (AvgIpc) is 3.08. The molecule has 1 aliphatic rings. The number of rotatable bonds is 6. The summed E-state index contributed by atoms with van der Waals surface area (Å²) in [5.41, 5.74) is 0.638. The number of ether oxygens (including phenoxy) is 1. The normalized spacial score (nSPS) is 19.9. The molecule has 0 aromatic heterocycles. The van der Waals surface area contributed by atoms with Gasteiger partial charge in [-0.05, 0) is 37.3 Å². The van der Waals surface area contributed by atoms with Crippen LogP contribution in [-0.4, -0.2) is 31.6 Å². The molecular formula is C20H25N2O2+. The molecule has 0 aliphatic carbocycles. The van der Waals surface area contributed by atoms with Gasteiger partial charge in [0.05, 0.1) is 19.6 Å². The van der Waals surface area contributed by atoms with Crippen molar-refractivity contribution in [3.8, 4) is 11.5 Å². The molecular weight excluding hydrogens is 300 g/mol. The zero-order valence-electron chi connectivity index (χ0n) is 14.1. The fourth-order valence-electron chi connectivity index (χ4n) is 3.34. The van der Waals surface area contributed by atoms with Crippen molar-refractivity contribution in [3.63, 3.8) is 0 Å². The summed E-state index contributed by atoms with van der Waals surface area (Å²) in [4.78, 5) is 14.0. The highest BCUT2D eigenvalue weighted by Gasteiger charge is 2.27. The lowest BCUT2D eigenvalue weighted by Crippen LogP contribution is -3.14. The predicted octanol–water partition coefficient (Wildman–Crippen LogP) is 2.28. The summed E-state index contributed by atoms with van der Waals surface area (Å²) in [6.45, 7) is 5.30. The number of nitrogens with one attached hydrogen (secondary N) is 2. The van der Waals surface area contributed by atoms with Gasteiger partial charge >= 0.3 is 0 Å². The zero-order chi connectivity index (χ0) is 16.8. The van der Waals surface area contributed by atoms with E-state index < -0.39 is 0 Å². The van der Waals surface area contributed by atoms with Crippen LogP contribution in [0.3, 0.4) is 0 Å². The maximum Gasteiger partial charge on any atom is 0.251 e. The molecule has 0 radical (unpaired) electrons. The molecule has 0 saturated carbocycles. The van der Waals surface area contributed by atoms with E-state index in [0.29, 0.717) is 17.4 Å². The molecule has 2 aromatic rings. The lowest BCUT2D eigenvalue weighted by atomic mass is 10.1. The lowest BCUT2D eigenvalue weighted by Gasteiger charge is -2.20. The van der Waals surface area contributed by atoms with Crippen molar-refractivity contribution in [3.05, 3.63) is 60.2 Å². The maximum absolute atomic E-state index is 12.4. The number of carbonyl (C=O) groups is 1. The number of amides is 1. The number of hydrogen-bond donors (Lipinski definition) is 2. The molecule has 1 saturated heterocycles. The van der Waals surface area contributed by atoms with Crippen LogP contribution in [0.15, 0.2) is 54.6 Å². The van der Waals surface area contributed by atoms with E-state index in [1.165, 1.54) is 19.4 Å². The molecule has 1 unspecified atom stereocenters. The first kappa shape index (κ1) is 16.5. The summed E-state index contributed by atoms with van der Waals surface area (Å²) in [5, 5.41) is 3.08. The number of carbonyl (C=O) groups excluding carboxylic acids is 1. The van der Waals surface area contributed by atoms with Gasteiger partial charge in [-0.25, -0.2) is 0 Å². The Morgan fingerprint density at radius 3 is 2.75 bits per heavy atom. The van der Waals surface area contributed by atoms with Crippen molar-refractivity contribution in [2.75, 3.05) is 19.6 Å². The van der Waals surface area contributed by atoms with E-state index in [0.717, 1.165) is 18.8 Å². The van der Waals surface area contributed by atoms with E-state index in [2.05, 4.69) is 12.2 Å². The first-order valence-corrected chi connectivity index (χ1v) is 8.72. The molecule has 126 valence electrons. The van der Waals surface area contributed by atoms with Gasteiger partial charge in [0, 0.05) is 18.4 Å². The van der Waals surface area contributed by atoms with Gasteiger partial charge in [-0.3, -0.25) is 4.79 Å². The standard InChI is InChI=1S/C20H24N2O2/c1-2-22-13-7-9-17(22)15-21-20(23)16-8-6-12-19(14-16)24-18-10-4-3-5-11-18/h3-6,8,10-12,14,17H,2,7,9,13,15H2,1H3,(H,21,23)/p+1/t17-/m0/s1. The Balaban J connectivity index is 1.60. The number of likely N-dealkylation sites (tertiary alicyclic amines) is 1. The Bertz CT molecular complexity index is 672. The maximum atomic E-state index is 12.4. The highest BCUT2D eigenvalue weighted by atomic mass is 16.5. The molecule has 24 heavy (non-hydrogen) atoms. The molecule has 1 heterocycles. The summed E-state index contributed by atoms with van der Waals surface area (Å²) >= 11 is 0. The Morgan fingerprint density at radius 1 is 1.17 bits per heavy atom. The molecule has 3 rings (SSSR count). The third-order valence-corrected chi connectivity index (χ3v) is 4.67. The van der Waals surface area contributed by atoms with Gasteiger partial charge < -0.3 is 15.0 Å². The second-order valence-corrected chi connectivity index (χ2v) is 6.25.